The average molecular weight is 635 g/mol. The van der Waals surface area contributed by atoms with Gasteiger partial charge in [-0.25, -0.2) is 0 Å². The molecule has 0 saturated carbocycles. The molecule has 0 atom stereocenters. The number of carbonyl (C=O) groups is 1. The molecule has 0 fully saturated rings. The van der Waals surface area contributed by atoms with Crippen molar-refractivity contribution in [2.75, 3.05) is 46.5 Å². The molecule has 0 amide bonds. The normalized spacial score (nSPS) is 9.96. The minimum Gasteiger partial charge on any atom is -0.493 e. The number of carbonyl (C=O) groups excluding carboxylic acids is 1. The van der Waals surface area contributed by atoms with Gasteiger partial charge in [0.1, 0.15) is 12.0 Å². The van der Waals surface area contributed by atoms with Crippen LogP contribution < -0.4 is 27.7 Å². The van der Waals surface area contributed by atoms with E-state index in [1.54, 1.807) is 7.11 Å². The second-order valence-electron chi connectivity index (χ2n) is 11.3. The van der Waals surface area contributed by atoms with Crippen LogP contribution in [0.5, 0.6) is 5.75 Å². The van der Waals surface area contributed by atoms with Gasteiger partial charge in [0.25, 0.3) is 0 Å². The predicted octanol–water partition coefficient (Wildman–Crippen LogP) is 8.11. The number of allylic oxidation sites excluding steroid dienone is 2. The Kier molecular flexibility index (Phi) is 42.1. The van der Waals surface area contributed by atoms with Crippen LogP contribution in [-0.4, -0.2) is 52.8 Å². The fourth-order valence-electron chi connectivity index (χ4n) is 4.35. The monoisotopic (exact) mass is 635 g/mol. The molecule has 0 heterocycles. The lowest BCUT2D eigenvalue weighted by Gasteiger charge is -2.18. The average Bonchev–Trinajstić information content (AvgIpc) is 3.05. The lowest BCUT2D eigenvalue weighted by Crippen LogP contribution is -2.08. The van der Waals surface area contributed by atoms with Crippen LogP contribution in [0.15, 0.2) is 31.4 Å². The summed E-state index contributed by atoms with van der Waals surface area (Å²) in [5, 5.41) is 0. The summed E-state index contributed by atoms with van der Waals surface area (Å²) in [4.78, 5) is 11.4. The van der Waals surface area contributed by atoms with Crippen LogP contribution in [0.2, 0.25) is 0 Å². The highest BCUT2D eigenvalue weighted by molar-refractivity contribution is 5.80. The maximum absolute atomic E-state index is 11.4. The minimum absolute atomic E-state index is 0.615. The third kappa shape index (κ3) is 31.7. The number of nitrogens with two attached hydrogens (primary N) is 4. The largest absolute Gasteiger partial charge is 0.493 e. The van der Waals surface area contributed by atoms with Crippen LogP contribution in [0, 0.1) is 13.8 Å². The van der Waals surface area contributed by atoms with Crippen molar-refractivity contribution in [1.29, 1.82) is 0 Å². The van der Waals surface area contributed by atoms with Crippen molar-refractivity contribution >= 4 is 6.29 Å². The van der Waals surface area contributed by atoms with Gasteiger partial charge in [0.15, 0.2) is 0 Å². The Labute approximate surface area is 278 Å². The molecule has 0 saturated heterocycles. The lowest BCUT2D eigenvalue weighted by molar-refractivity contribution is 0.112. The van der Waals surface area contributed by atoms with E-state index < -0.39 is 0 Å². The third-order valence-corrected chi connectivity index (χ3v) is 7.16. The smallest absolute Gasteiger partial charge is 0.150 e. The van der Waals surface area contributed by atoms with Crippen LogP contribution in [0.4, 0.5) is 0 Å². The van der Waals surface area contributed by atoms with Gasteiger partial charge in [-0.2, -0.15) is 0 Å². The predicted molar refractivity (Wildman–Crippen MR) is 199 cm³/mol. The Bertz CT molecular complexity index is 767. The molecule has 0 aliphatic carbocycles. The molecule has 264 valence electrons. The molecule has 7 heteroatoms. The first kappa shape index (κ1) is 47.4. The van der Waals surface area contributed by atoms with E-state index in [9.17, 15) is 4.79 Å². The highest BCUT2D eigenvalue weighted by atomic mass is 16.5. The molecule has 1 rings (SSSR count). The summed E-state index contributed by atoms with van der Waals surface area (Å²) in [5.74, 6) is 0.884. The fraction of sp³-hybridized carbons (Fsp3) is 0.711. The Balaban J connectivity index is -0.000000630. The van der Waals surface area contributed by atoms with Gasteiger partial charge in [0.2, 0.25) is 0 Å². The van der Waals surface area contributed by atoms with E-state index in [1.807, 2.05) is 25.1 Å². The number of unbranched alkanes of at least 4 members (excludes halogenated alkanes) is 11. The van der Waals surface area contributed by atoms with E-state index in [4.69, 9.17) is 32.4 Å². The van der Waals surface area contributed by atoms with Crippen LogP contribution in [0.25, 0.3) is 0 Å². The Morgan fingerprint density at radius 1 is 0.689 bits per heavy atom. The van der Waals surface area contributed by atoms with E-state index in [1.165, 1.54) is 51.4 Å². The highest BCUT2D eigenvalue weighted by Crippen LogP contribution is 2.30. The molecule has 45 heavy (non-hydrogen) atoms. The Morgan fingerprint density at radius 3 is 1.53 bits per heavy atom. The van der Waals surface area contributed by atoms with E-state index in [-0.39, 0.29) is 0 Å². The number of ether oxygens (including phenoxy) is 2. The van der Waals surface area contributed by atoms with Crippen molar-refractivity contribution in [1.82, 2.24) is 0 Å². The summed E-state index contributed by atoms with van der Waals surface area (Å²) < 4.78 is 10.7. The zero-order valence-corrected chi connectivity index (χ0v) is 30.0. The second kappa shape index (κ2) is 40.0. The fourth-order valence-corrected chi connectivity index (χ4v) is 4.35. The maximum Gasteiger partial charge on any atom is 0.150 e. The van der Waals surface area contributed by atoms with Crippen molar-refractivity contribution in [2.24, 2.45) is 22.9 Å². The third-order valence-electron chi connectivity index (χ3n) is 7.16. The minimum atomic E-state index is 0.615. The number of benzene rings is 1. The number of methoxy groups -OCH3 is 1. The summed E-state index contributed by atoms with van der Waals surface area (Å²) >= 11 is 0. The zero-order valence-electron chi connectivity index (χ0n) is 30.0. The molecule has 1 aromatic rings. The molecule has 0 bridgehead atoms. The molecule has 7 nitrogen and oxygen atoms in total. The number of rotatable bonds is 25. The molecular weight excluding hydrogens is 560 g/mol. The first-order valence-electron chi connectivity index (χ1n) is 17.6. The van der Waals surface area contributed by atoms with Crippen LogP contribution in [-0.2, 0) is 11.2 Å². The number of hydrogen-bond acceptors (Lipinski definition) is 7. The first-order chi connectivity index (χ1) is 21.9. The van der Waals surface area contributed by atoms with Gasteiger partial charge in [-0.3, -0.25) is 4.79 Å². The second-order valence-corrected chi connectivity index (χ2v) is 11.3. The molecule has 0 aliphatic rings. The lowest BCUT2D eigenvalue weighted by atomic mass is 9.95. The molecule has 8 N–H and O–H groups in total. The molecule has 0 aliphatic heterocycles. The van der Waals surface area contributed by atoms with E-state index in [0.717, 1.165) is 118 Å². The van der Waals surface area contributed by atoms with E-state index >= 15 is 0 Å². The number of aryl methyl sites for hydroxylation is 1. The molecule has 0 aromatic heterocycles. The molecule has 0 unspecified atom stereocenters. The van der Waals surface area contributed by atoms with Crippen LogP contribution in [0.3, 0.4) is 0 Å². The van der Waals surface area contributed by atoms with Crippen molar-refractivity contribution in [3.05, 3.63) is 53.6 Å². The van der Waals surface area contributed by atoms with Gasteiger partial charge in [-0.15, -0.1) is 13.2 Å². The number of aldehydes is 1. The Morgan fingerprint density at radius 2 is 1.16 bits per heavy atom. The van der Waals surface area contributed by atoms with E-state index in [2.05, 4.69) is 27.0 Å². The standard InChI is InChI=1S/C18H30N2O2.2C8H17N.C4H10O/c1-14-12-16(13-21)17(8-7-10-20)18(15(14)2)22-11-6-4-3-5-9-19;2*1-2-3-4-5-6-7-8-9;1-3-4-5-2/h12-13H,3-11,19-20H2,1-2H3;2*2H,1,3-9H2;3-4H2,1-2H3. The molecule has 0 spiro atoms. The van der Waals surface area contributed by atoms with Gasteiger partial charge >= 0.3 is 0 Å². The summed E-state index contributed by atoms with van der Waals surface area (Å²) in [6, 6.07) is 1.95. The van der Waals surface area contributed by atoms with Crippen LogP contribution >= 0.6 is 0 Å². The topological polar surface area (TPSA) is 140 Å². The highest BCUT2D eigenvalue weighted by Gasteiger charge is 2.14. The first-order valence-corrected chi connectivity index (χ1v) is 17.6. The van der Waals surface area contributed by atoms with Gasteiger partial charge in [0.05, 0.1) is 6.61 Å². The molecular formula is C38H74N4O3. The molecule has 0 radical (unpaired) electrons. The van der Waals surface area contributed by atoms with Crippen LogP contribution in [0.1, 0.15) is 137 Å². The van der Waals surface area contributed by atoms with Gasteiger partial charge < -0.3 is 32.4 Å². The van der Waals surface area contributed by atoms with Crippen molar-refractivity contribution in [3.8, 4) is 5.75 Å². The van der Waals surface area contributed by atoms with Gasteiger partial charge in [-0.05, 0) is 128 Å². The van der Waals surface area contributed by atoms with Crippen molar-refractivity contribution in [2.45, 2.75) is 130 Å². The van der Waals surface area contributed by atoms with Crippen molar-refractivity contribution in [3.63, 3.8) is 0 Å². The van der Waals surface area contributed by atoms with Gasteiger partial charge in [0, 0.05) is 24.8 Å². The van der Waals surface area contributed by atoms with Gasteiger partial charge in [-0.1, -0.05) is 57.6 Å². The van der Waals surface area contributed by atoms with Crippen molar-refractivity contribution < 1.29 is 14.3 Å². The summed E-state index contributed by atoms with van der Waals surface area (Å²) in [5.41, 5.74) is 25.7. The maximum atomic E-state index is 11.4. The SMILES string of the molecule is C=CCCCCCCN.C=CCCCCCCN.CCCOC.Cc1cc(C=O)c(CCCN)c(OCCCCCCN)c1C. The summed E-state index contributed by atoms with van der Waals surface area (Å²) in [6.07, 6.45) is 24.4. The summed E-state index contributed by atoms with van der Waals surface area (Å²) in [6.45, 7) is 18.1. The molecule has 1 aromatic carbocycles. The quantitative estimate of drug-likeness (QED) is 0.0484. The summed E-state index contributed by atoms with van der Waals surface area (Å²) in [7, 11) is 1.71. The zero-order chi connectivity index (χ0) is 34.4. The number of hydrogen-bond donors (Lipinski definition) is 4. The Hall–Kier alpha value is -2.03. The van der Waals surface area contributed by atoms with E-state index in [0.29, 0.717) is 13.2 Å².